The molecule has 0 aromatic carbocycles. The average molecular weight is 1150 g/mol. The molecule has 9 nitrogen and oxygen atoms in total. The second-order valence-electron chi connectivity index (χ2n) is 22.3. The van der Waals surface area contributed by atoms with Gasteiger partial charge in [-0.25, -0.2) is 4.57 Å². The summed E-state index contributed by atoms with van der Waals surface area (Å²) in [6, 6.07) is 0. The molecule has 0 aliphatic heterocycles. The number of unbranched alkanes of at least 4 members (excludes halogenated alkanes) is 34. The molecule has 3 N–H and O–H groups in total. The summed E-state index contributed by atoms with van der Waals surface area (Å²) in [5.41, 5.74) is 5.40. The predicted molar refractivity (Wildman–Crippen MR) is 348 cm³/mol. The third-order valence-corrected chi connectivity index (χ3v) is 15.4. The number of nitrogens with two attached hydrogens (primary N) is 1. The van der Waals surface area contributed by atoms with Crippen molar-refractivity contribution in [2.45, 2.75) is 315 Å². The Morgan fingerprint density at radius 3 is 1.01 bits per heavy atom. The van der Waals surface area contributed by atoms with Gasteiger partial charge >= 0.3 is 19.8 Å². The Balaban J connectivity index is 3.88. The molecular weight excluding hydrogens is 1030 g/mol. The first-order valence-corrected chi connectivity index (χ1v) is 35.2. The van der Waals surface area contributed by atoms with E-state index in [1.807, 2.05) is 0 Å². The highest BCUT2D eigenvalue weighted by Gasteiger charge is 2.26. The van der Waals surface area contributed by atoms with E-state index in [1.165, 1.54) is 193 Å². The number of esters is 2. The van der Waals surface area contributed by atoms with Gasteiger partial charge in [0.2, 0.25) is 0 Å². The minimum absolute atomic E-state index is 0.0508. The van der Waals surface area contributed by atoms with Crippen LogP contribution in [0.2, 0.25) is 0 Å². The maximum atomic E-state index is 12.8. The Labute approximate surface area is 499 Å². The van der Waals surface area contributed by atoms with Crippen molar-refractivity contribution in [2.75, 3.05) is 26.4 Å². The Morgan fingerprint density at radius 1 is 0.383 bits per heavy atom. The van der Waals surface area contributed by atoms with Crippen LogP contribution in [0.4, 0.5) is 0 Å². The lowest BCUT2D eigenvalue weighted by atomic mass is 10.0. The van der Waals surface area contributed by atoms with Crippen LogP contribution in [0.1, 0.15) is 309 Å². The molecule has 0 aliphatic rings. The molecule has 0 heterocycles. The van der Waals surface area contributed by atoms with E-state index < -0.39 is 26.5 Å². The van der Waals surface area contributed by atoms with Crippen molar-refractivity contribution in [1.29, 1.82) is 0 Å². The number of hydrogen-bond donors (Lipinski definition) is 2. The van der Waals surface area contributed by atoms with Crippen LogP contribution in [0.15, 0.2) is 97.2 Å². The molecule has 0 bridgehead atoms. The van der Waals surface area contributed by atoms with Gasteiger partial charge < -0.3 is 20.1 Å². The standard InChI is InChI=1S/C71H126NO8P/c1-3-5-7-9-11-13-15-17-19-21-23-25-27-29-30-31-32-33-34-35-36-37-38-40-42-44-46-48-50-52-54-56-58-60-62-64-71(74)80-69(68-79-81(75,76)78-66-65-72)67-77-70(73)63-61-59-57-55-53-51-49-47-45-43-41-39-28-26-24-22-20-18-16-14-12-10-8-6-4-2/h5,7,11,13,16-19,22-25,28-30,39,69H,3-4,6,8-10,12,14-15,20-21,26-27,31-38,40-68,72H2,1-2H3,(H,75,76)/b7-5-,13-11-,18-16-,19-17-,24-22-,25-23-,30-29-,39-28-. The number of phosphoric ester groups is 1. The SMILES string of the molecule is CC/C=C\C/C=C\C/C=C\C/C=C\C/C=C\CCCCCCCCCCCCCCCCCCCCCC(=O)OC(COC(=O)CCCCCCCCCCCC/C=C\C/C=C\C/C=C\CCCCCCC)COP(=O)(O)OCCN. The summed E-state index contributed by atoms with van der Waals surface area (Å²) in [7, 11) is -4.40. The highest BCUT2D eigenvalue weighted by atomic mass is 31.2. The minimum Gasteiger partial charge on any atom is -0.462 e. The number of allylic oxidation sites excluding steroid dienone is 16. The molecule has 0 fully saturated rings. The fourth-order valence-corrected chi connectivity index (χ4v) is 10.3. The normalized spacial score (nSPS) is 13.6. The molecule has 0 amide bonds. The van der Waals surface area contributed by atoms with Gasteiger partial charge in [0, 0.05) is 19.4 Å². The average Bonchev–Trinajstić information content (AvgIpc) is 3.46. The molecule has 2 unspecified atom stereocenters. The molecule has 0 spiro atoms. The van der Waals surface area contributed by atoms with E-state index in [-0.39, 0.29) is 38.6 Å². The van der Waals surface area contributed by atoms with Gasteiger partial charge in [0.1, 0.15) is 6.61 Å². The maximum Gasteiger partial charge on any atom is 0.472 e. The van der Waals surface area contributed by atoms with Gasteiger partial charge in [0.05, 0.1) is 13.2 Å². The molecule has 0 aromatic heterocycles. The fourth-order valence-electron chi connectivity index (χ4n) is 9.50. The number of hydrogen-bond acceptors (Lipinski definition) is 8. The topological polar surface area (TPSA) is 134 Å². The van der Waals surface area contributed by atoms with E-state index in [4.69, 9.17) is 24.3 Å². The van der Waals surface area contributed by atoms with Gasteiger partial charge in [0.15, 0.2) is 6.10 Å². The molecule has 2 atom stereocenters. The number of rotatable bonds is 63. The van der Waals surface area contributed by atoms with Crippen LogP contribution in [0.5, 0.6) is 0 Å². The molecule has 0 radical (unpaired) electrons. The largest absolute Gasteiger partial charge is 0.472 e. The fraction of sp³-hybridized carbons (Fsp3) is 0.746. The number of ether oxygens (including phenoxy) is 2. The van der Waals surface area contributed by atoms with Crippen molar-refractivity contribution >= 4 is 19.8 Å². The summed E-state index contributed by atoms with van der Waals surface area (Å²) >= 11 is 0. The van der Waals surface area contributed by atoms with Crippen LogP contribution in [-0.4, -0.2) is 49.3 Å². The zero-order valence-corrected chi connectivity index (χ0v) is 53.4. The van der Waals surface area contributed by atoms with Crippen LogP contribution in [0.3, 0.4) is 0 Å². The zero-order chi connectivity index (χ0) is 58.7. The maximum absolute atomic E-state index is 12.8. The summed E-state index contributed by atoms with van der Waals surface area (Å²) in [5.74, 6) is -0.823. The van der Waals surface area contributed by atoms with E-state index in [2.05, 4.69) is 111 Å². The second-order valence-corrected chi connectivity index (χ2v) is 23.8. The van der Waals surface area contributed by atoms with Gasteiger partial charge in [-0.1, -0.05) is 297 Å². The molecule has 10 heteroatoms. The number of carbonyl (C=O) groups excluding carboxylic acids is 2. The quantitative estimate of drug-likeness (QED) is 0.0264. The summed E-state index contributed by atoms with van der Waals surface area (Å²) in [5, 5.41) is 0. The van der Waals surface area contributed by atoms with Crippen LogP contribution in [0.25, 0.3) is 0 Å². The van der Waals surface area contributed by atoms with Crippen molar-refractivity contribution in [3.8, 4) is 0 Å². The molecule has 0 aromatic rings. The van der Waals surface area contributed by atoms with Crippen LogP contribution in [0, 0.1) is 0 Å². The van der Waals surface area contributed by atoms with Gasteiger partial charge in [0.25, 0.3) is 0 Å². The lowest BCUT2D eigenvalue weighted by molar-refractivity contribution is -0.161. The molecule has 0 rings (SSSR count). The summed E-state index contributed by atoms with van der Waals surface area (Å²) < 4.78 is 33.2. The van der Waals surface area contributed by atoms with Crippen molar-refractivity contribution in [3.05, 3.63) is 97.2 Å². The molecule has 0 saturated heterocycles. The van der Waals surface area contributed by atoms with Gasteiger partial charge in [-0.05, 0) is 96.3 Å². The van der Waals surface area contributed by atoms with Crippen molar-refractivity contribution in [2.24, 2.45) is 5.73 Å². The Hall–Kier alpha value is -3.07. The third-order valence-electron chi connectivity index (χ3n) is 14.5. The Kier molecular flexibility index (Phi) is 63.6. The smallest absolute Gasteiger partial charge is 0.462 e. The van der Waals surface area contributed by atoms with E-state index in [0.29, 0.717) is 6.42 Å². The first kappa shape index (κ1) is 77.9. The molecule has 0 saturated carbocycles. The molecule has 0 aliphatic carbocycles. The summed E-state index contributed by atoms with van der Waals surface area (Å²) in [4.78, 5) is 35.3. The lowest BCUT2D eigenvalue weighted by Crippen LogP contribution is -2.29. The number of phosphoric acid groups is 1. The van der Waals surface area contributed by atoms with Gasteiger partial charge in [-0.2, -0.15) is 0 Å². The molecule has 468 valence electrons. The first-order chi connectivity index (χ1) is 39.8. The molecule has 81 heavy (non-hydrogen) atoms. The monoisotopic (exact) mass is 1150 g/mol. The predicted octanol–water partition coefficient (Wildman–Crippen LogP) is 22.0. The van der Waals surface area contributed by atoms with Crippen LogP contribution in [-0.2, 0) is 32.7 Å². The van der Waals surface area contributed by atoms with E-state index in [9.17, 15) is 19.0 Å². The van der Waals surface area contributed by atoms with Crippen LogP contribution < -0.4 is 5.73 Å². The van der Waals surface area contributed by atoms with Crippen molar-refractivity contribution in [3.63, 3.8) is 0 Å². The van der Waals surface area contributed by atoms with Gasteiger partial charge in [-0.15, -0.1) is 0 Å². The first-order valence-electron chi connectivity index (χ1n) is 33.7. The Bertz CT molecular complexity index is 1650. The van der Waals surface area contributed by atoms with Gasteiger partial charge in [-0.3, -0.25) is 18.6 Å². The minimum atomic E-state index is -4.40. The van der Waals surface area contributed by atoms with Crippen molar-refractivity contribution < 1.29 is 37.6 Å². The number of carbonyl (C=O) groups is 2. The summed E-state index contributed by atoms with van der Waals surface area (Å²) in [6.45, 7) is 3.65. The highest BCUT2D eigenvalue weighted by Crippen LogP contribution is 2.43. The third kappa shape index (κ3) is 65.9. The Morgan fingerprint density at radius 2 is 0.679 bits per heavy atom. The summed E-state index contributed by atoms with van der Waals surface area (Å²) in [6.07, 6.45) is 89.2. The van der Waals surface area contributed by atoms with Crippen LogP contribution >= 0.6 is 7.82 Å². The second kappa shape index (κ2) is 66.1. The highest BCUT2D eigenvalue weighted by molar-refractivity contribution is 7.47. The lowest BCUT2D eigenvalue weighted by Gasteiger charge is -2.19. The van der Waals surface area contributed by atoms with E-state index in [1.54, 1.807) is 0 Å². The zero-order valence-electron chi connectivity index (χ0n) is 52.5. The van der Waals surface area contributed by atoms with E-state index in [0.717, 1.165) is 83.5 Å². The van der Waals surface area contributed by atoms with E-state index >= 15 is 0 Å². The molecular formula is C71H126NO8P. The van der Waals surface area contributed by atoms with Crippen molar-refractivity contribution in [1.82, 2.24) is 0 Å².